The molecule has 4 fully saturated rings. The zero-order valence-electron chi connectivity index (χ0n) is 27.5. The minimum absolute atomic E-state index is 0.0519. The lowest BCUT2D eigenvalue weighted by molar-refractivity contribution is -0.150. The van der Waals surface area contributed by atoms with Gasteiger partial charge in [0.15, 0.2) is 0 Å². The fraction of sp³-hybridized carbons (Fsp3) is 0.622. The highest BCUT2D eigenvalue weighted by Gasteiger charge is 2.74. The van der Waals surface area contributed by atoms with Crippen LogP contribution < -0.4 is 5.32 Å². The van der Waals surface area contributed by atoms with Crippen molar-refractivity contribution in [3.05, 3.63) is 61.2 Å². The first kappa shape index (κ1) is 34.8. The van der Waals surface area contributed by atoms with Crippen molar-refractivity contribution >= 4 is 23.7 Å². The van der Waals surface area contributed by atoms with Gasteiger partial charge in [0.2, 0.25) is 17.7 Å². The Labute approximate surface area is 278 Å². The molecule has 0 aromatic heterocycles. The number of carbonyl (C=O) groups is 4. The molecule has 3 amide bonds. The number of hydrogen-bond acceptors (Lipinski definition) is 7. The summed E-state index contributed by atoms with van der Waals surface area (Å²) in [6.07, 6.45) is 11.8. The molecule has 0 radical (unpaired) electrons. The van der Waals surface area contributed by atoms with E-state index in [4.69, 9.17) is 9.47 Å². The van der Waals surface area contributed by atoms with Gasteiger partial charge in [0.25, 0.3) is 0 Å². The van der Waals surface area contributed by atoms with Gasteiger partial charge in [0.05, 0.1) is 24.0 Å². The summed E-state index contributed by atoms with van der Waals surface area (Å²) in [7, 11) is 0. The second-order valence-electron chi connectivity index (χ2n) is 13.4. The number of carbonyl (C=O) groups excluding carboxylic acids is 4. The van der Waals surface area contributed by atoms with Crippen LogP contribution in [0.4, 0.5) is 0 Å². The number of amides is 3. The molecule has 6 atom stereocenters. The number of ether oxygens (including phenoxy) is 2. The van der Waals surface area contributed by atoms with E-state index in [1.165, 1.54) is 0 Å². The van der Waals surface area contributed by atoms with Gasteiger partial charge in [-0.3, -0.25) is 19.2 Å². The van der Waals surface area contributed by atoms with Crippen LogP contribution in [0, 0.1) is 11.8 Å². The van der Waals surface area contributed by atoms with Gasteiger partial charge in [0.1, 0.15) is 18.2 Å². The van der Waals surface area contributed by atoms with E-state index in [2.05, 4.69) is 18.5 Å². The Bertz CT molecular complexity index is 1280. The number of benzene rings is 1. The predicted molar refractivity (Wildman–Crippen MR) is 177 cm³/mol. The van der Waals surface area contributed by atoms with Gasteiger partial charge in [0, 0.05) is 32.2 Å². The van der Waals surface area contributed by atoms with E-state index in [9.17, 15) is 24.3 Å². The van der Waals surface area contributed by atoms with Gasteiger partial charge in [-0.2, -0.15) is 0 Å². The highest BCUT2D eigenvalue weighted by atomic mass is 16.5. The third-order valence-electron chi connectivity index (χ3n) is 10.5. The zero-order valence-corrected chi connectivity index (χ0v) is 27.5. The number of aliphatic hydroxyl groups is 1. The molecule has 3 saturated heterocycles. The van der Waals surface area contributed by atoms with Crippen LogP contribution in [0.25, 0.3) is 0 Å². The van der Waals surface area contributed by atoms with Crippen molar-refractivity contribution in [2.24, 2.45) is 11.8 Å². The van der Waals surface area contributed by atoms with Gasteiger partial charge in [-0.1, -0.05) is 61.7 Å². The maximum Gasteiger partial charge on any atom is 0.306 e. The van der Waals surface area contributed by atoms with E-state index in [0.29, 0.717) is 45.2 Å². The molecule has 1 aromatic rings. The summed E-state index contributed by atoms with van der Waals surface area (Å²) in [6.45, 7) is 8.35. The third-order valence-corrected chi connectivity index (χ3v) is 10.5. The van der Waals surface area contributed by atoms with Gasteiger partial charge < -0.3 is 29.7 Å². The van der Waals surface area contributed by atoms with Gasteiger partial charge in [-0.15, -0.1) is 13.2 Å². The molecule has 4 aliphatic rings. The Morgan fingerprint density at radius 1 is 1.09 bits per heavy atom. The first-order valence-corrected chi connectivity index (χ1v) is 17.5. The maximum absolute atomic E-state index is 14.7. The normalized spacial score (nSPS) is 27.3. The van der Waals surface area contributed by atoms with E-state index in [1.807, 2.05) is 35.2 Å². The van der Waals surface area contributed by atoms with Crippen LogP contribution in [-0.4, -0.2) is 88.7 Å². The van der Waals surface area contributed by atoms with Crippen LogP contribution >= 0.6 is 0 Å². The SMILES string of the molecule is C=CCCC(=O)OC[C@H](NC(=O)[C@@H]1[C@H]2C(=O)N(CCCCCO)[C@H](C(=O)N(CC=C)C3CCCCC3)[C@]23CC[C@H]1O3)c1ccccc1. The lowest BCUT2D eigenvalue weighted by Crippen LogP contribution is -2.58. The number of nitrogens with zero attached hydrogens (tertiary/aromatic N) is 2. The van der Waals surface area contributed by atoms with Gasteiger partial charge >= 0.3 is 5.97 Å². The van der Waals surface area contributed by atoms with Crippen molar-refractivity contribution in [2.75, 3.05) is 26.3 Å². The largest absolute Gasteiger partial charge is 0.463 e. The number of fused-ring (bicyclic) bond motifs is 1. The monoisotopic (exact) mass is 649 g/mol. The molecule has 2 N–H and O–H groups in total. The Morgan fingerprint density at radius 2 is 1.85 bits per heavy atom. The van der Waals surface area contributed by atoms with Crippen molar-refractivity contribution in [1.82, 2.24) is 15.1 Å². The summed E-state index contributed by atoms with van der Waals surface area (Å²) in [4.78, 5) is 59.3. The molecule has 1 aliphatic carbocycles. The predicted octanol–water partition coefficient (Wildman–Crippen LogP) is 4.24. The number of hydrogen-bond donors (Lipinski definition) is 2. The highest BCUT2D eigenvalue weighted by Crippen LogP contribution is 2.58. The molecule has 1 aromatic carbocycles. The lowest BCUT2D eigenvalue weighted by Gasteiger charge is -2.40. The number of unbranched alkanes of at least 4 members (excludes halogenated alkanes) is 2. The summed E-state index contributed by atoms with van der Waals surface area (Å²) in [5.74, 6) is -2.63. The second-order valence-corrected chi connectivity index (χ2v) is 13.4. The van der Waals surface area contributed by atoms with Crippen molar-refractivity contribution in [3.63, 3.8) is 0 Å². The molecular formula is C37H51N3O7. The standard InChI is InChI=1S/C37H51N3O7/c1-3-5-19-30(42)46-25-28(26-15-9-6-10-16-26)38-34(43)31-29-20-21-37(47-29)32(31)35(44)40(23-13-8-14-24-41)33(37)36(45)39(22-4-2)27-17-11-7-12-18-27/h3-4,6,9-10,15-16,27-29,31-33,41H,1-2,5,7-8,11-14,17-25H2,(H,38,43)/t28-,29+,31-,32-,33+,37-/m0/s1. The smallest absolute Gasteiger partial charge is 0.306 e. The number of nitrogens with one attached hydrogen (secondary N) is 1. The molecule has 256 valence electrons. The average molecular weight is 650 g/mol. The van der Waals surface area contributed by atoms with Crippen LogP contribution in [0.1, 0.15) is 88.7 Å². The zero-order chi connectivity index (χ0) is 33.4. The van der Waals surface area contributed by atoms with E-state index in [1.54, 1.807) is 17.1 Å². The number of rotatable bonds is 17. The van der Waals surface area contributed by atoms with Crippen LogP contribution in [0.5, 0.6) is 0 Å². The molecule has 2 bridgehead atoms. The maximum atomic E-state index is 14.7. The number of likely N-dealkylation sites (tertiary alicyclic amines) is 1. The summed E-state index contributed by atoms with van der Waals surface area (Å²) < 4.78 is 12.2. The average Bonchev–Trinajstić information content (AvgIpc) is 3.74. The van der Waals surface area contributed by atoms with Crippen molar-refractivity contribution in [1.29, 1.82) is 0 Å². The summed E-state index contributed by atoms with van der Waals surface area (Å²) in [5.41, 5.74) is -0.314. The third kappa shape index (κ3) is 7.33. The minimum atomic E-state index is -1.09. The molecule has 1 spiro atoms. The number of allylic oxidation sites excluding steroid dienone is 1. The van der Waals surface area contributed by atoms with Gasteiger partial charge in [-0.25, -0.2) is 0 Å². The molecule has 10 nitrogen and oxygen atoms in total. The van der Waals surface area contributed by atoms with Crippen molar-refractivity contribution < 1.29 is 33.8 Å². The topological polar surface area (TPSA) is 125 Å². The van der Waals surface area contributed by atoms with Crippen LogP contribution in [-0.2, 0) is 28.7 Å². The Morgan fingerprint density at radius 3 is 2.55 bits per heavy atom. The minimum Gasteiger partial charge on any atom is -0.463 e. The van der Waals surface area contributed by atoms with E-state index in [-0.39, 0.29) is 49.4 Å². The first-order chi connectivity index (χ1) is 22.9. The molecule has 0 unspecified atom stereocenters. The Balaban J connectivity index is 1.41. The number of aliphatic hydroxyl groups excluding tert-OH is 1. The van der Waals surface area contributed by atoms with E-state index >= 15 is 0 Å². The second kappa shape index (κ2) is 16.1. The summed E-state index contributed by atoms with van der Waals surface area (Å²) in [6, 6.07) is 7.95. The molecule has 3 heterocycles. The lowest BCUT2D eigenvalue weighted by atomic mass is 9.70. The highest BCUT2D eigenvalue weighted by molar-refractivity contribution is 5.99. The first-order valence-electron chi connectivity index (χ1n) is 17.5. The number of esters is 1. The van der Waals surface area contributed by atoms with Crippen LogP contribution in [0.2, 0.25) is 0 Å². The van der Waals surface area contributed by atoms with Crippen molar-refractivity contribution in [3.8, 4) is 0 Å². The van der Waals surface area contributed by atoms with Crippen LogP contribution in [0.3, 0.4) is 0 Å². The van der Waals surface area contributed by atoms with E-state index < -0.39 is 35.6 Å². The molecule has 5 rings (SSSR count). The fourth-order valence-corrected chi connectivity index (χ4v) is 8.29. The Kier molecular flexibility index (Phi) is 11.9. The molecule has 10 heteroatoms. The van der Waals surface area contributed by atoms with Crippen molar-refractivity contribution in [2.45, 2.75) is 107 Å². The quantitative estimate of drug-likeness (QED) is 0.147. The fourth-order valence-electron chi connectivity index (χ4n) is 8.29. The summed E-state index contributed by atoms with van der Waals surface area (Å²) in [5, 5.41) is 12.4. The Hall–Kier alpha value is -3.50. The van der Waals surface area contributed by atoms with Gasteiger partial charge in [-0.05, 0) is 56.9 Å². The summed E-state index contributed by atoms with van der Waals surface area (Å²) >= 11 is 0. The molecular weight excluding hydrogens is 598 g/mol. The van der Waals surface area contributed by atoms with E-state index in [0.717, 1.165) is 44.1 Å². The molecule has 47 heavy (non-hydrogen) atoms. The molecule has 3 aliphatic heterocycles. The van der Waals surface area contributed by atoms with Crippen LogP contribution in [0.15, 0.2) is 55.6 Å². The molecule has 1 saturated carbocycles.